The molecular formula is C11H18BrN3. The number of hydrogen-bond acceptors (Lipinski definition) is 2. The molecule has 1 atom stereocenters. The number of halogens is 1. The monoisotopic (exact) mass is 271 g/mol. The van der Waals surface area contributed by atoms with Crippen molar-refractivity contribution >= 4 is 15.9 Å². The summed E-state index contributed by atoms with van der Waals surface area (Å²) in [6.07, 6.45) is 9.71. The van der Waals surface area contributed by atoms with Gasteiger partial charge in [0, 0.05) is 36.9 Å². The molecule has 1 aromatic rings. The molecule has 0 saturated carbocycles. The van der Waals surface area contributed by atoms with Crippen LogP contribution in [0.5, 0.6) is 0 Å². The number of rotatable bonds is 5. The highest BCUT2D eigenvalue weighted by Gasteiger charge is 2.22. The molecule has 4 heteroatoms. The summed E-state index contributed by atoms with van der Waals surface area (Å²) in [6, 6.07) is 0.771. The van der Waals surface area contributed by atoms with Crippen molar-refractivity contribution in [2.45, 2.75) is 31.8 Å². The van der Waals surface area contributed by atoms with Gasteiger partial charge in [0.15, 0.2) is 0 Å². The standard InChI is InChI=1S/C11H18BrN3/c12-9-11-3-1-6-15(11)7-2-5-14-8-4-13-10-14/h4,8,10-11H,1-3,5-7,9H2. The van der Waals surface area contributed by atoms with Gasteiger partial charge >= 0.3 is 0 Å². The Morgan fingerprint density at radius 2 is 2.33 bits per heavy atom. The normalized spacial score (nSPS) is 22.3. The molecule has 0 aromatic carbocycles. The molecule has 1 aliphatic heterocycles. The summed E-state index contributed by atoms with van der Waals surface area (Å²) in [5, 5.41) is 1.12. The Morgan fingerprint density at radius 1 is 1.40 bits per heavy atom. The smallest absolute Gasteiger partial charge is 0.0945 e. The van der Waals surface area contributed by atoms with E-state index in [1.165, 1.54) is 32.4 Å². The second-order valence-corrected chi connectivity index (χ2v) is 4.79. The van der Waals surface area contributed by atoms with Crippen molar-refractivity contribution in [1.82, 2.24) is 14.5 Å². The van der Waals surface area contributed by atoms with E-state index >= 15 is 0 Å². The van der Waals surface area contributed by atoms with E-state index in [-0.39, 0.29) is 0 Å². The van der Waals surface area contributed by atoms with E-state index in [0.717, 1.165) is 17.9 Å². The van der Waals surface area contributed by atoms with E-state index in [4.69, 9.17) is 0 Å². The molecule has 2 heterocycles. The lowest BCUT2D eigenvalue weighted by atomic mass is 10.2. The van der Waals surface area contributed by atoms with Crippen molar-refractivity contribution in [2.75, 3.05) is 18.4 Å². The average molecular weight is 272 g/mol. The summed E-state index contributed by atoms with van der Waals surface area (Å²) in [7, 11) is 0. The van der Waals surface area contributed by atoms with Crippen molar-refractivity contribution in [3.05, 3.63) is 18.7 Å². The van der Waals surface area contributed by atoms with E-state index in [2.05, 4.69) is 30.4 Å². The minimum absolute atomic E-state index is 0.771. The van der Waals surface area contributed by atoms with Gasteiger partial charge in [-0.2, -0.15) is 0 Å². The summed E-state index contributed by atoms with van der Waals surface area (Å²) in [4.78, 5) is 6.65. The molecule has 0 amide bonds. The van der Waals surface area contributed by atoms with Crippen LogP contribution in [0.3, 0.4) is 0 Å². The van der Waals surface area contributed by atoms with Gasteiger partial charge in [-0.25, -0.2) is 4.98 Å². The van der Waals surface area contributed by atoms with Crippen LogP contribution in [-0.2, 0) is 6.54 Å². The fourth-order valence-corrected chi connectivity index (χ4v) is 2.97. The maximum Gasteiger partial charge on any atom is 0.0945 e. The van der Waals surface area contributed by atoms with Gasteiger partial charge in [0.25, 0.3) is 0 Å². The molecule has 1 saturated heterocycles. The molecule has 0 bridgehead atoms. The summed E-state index contributed by atoms with van der Waals surface area (Å²) in [5.41, 5.74) is 0. The maximum absolute atomic E-state index is 4.05. The molecule has 15 heavy (non-hydrogen) atoms. The van der Waals surface area contributed by atoms with Gasteiger partial charge < -0.3 is 4.57 Å². The molecule has 0 aliphatic carbocycles. The third-order valence-electron chi connectivity index (χ3n) is 3.10. The van der Waals surface area contributed by atoms with E-state index < -0.39 is 0 Å². The van der Waals surface area contributed by atoms with Crippen LogP contribution in [0.25, 0.3) is 0 Å². The Labute approximate surface area is 99.6 Å². The number of imidazole rings is 1. The van der Waals surface area contributed by atoms with Gasteiger partial charge in [-0.3, -0.25) is 4.90 Å². The molecule has 1 unspecified atom stereocenters. The average Bonchev–Trinajstić information content (AvgIpc) is 2.88. The van der Waals surface area contributed by atoms with Crippen molar-refractivity contribution < 1.29 is 0 Å². The minimum Gasteiger partial charge on any atom is -0.337 e. The van der Waals surface area contributed by atoms with E-state index in [1.54, 1.807) is 0 Å². The maximum atomic E-state index is 4.05. The van der Waals surface area contributed by atoms with Gasteiger partial charge in [0.1, 0.15) is 0 Å². The summed E-state index contributed by atoms with van der Waals surface area (Å²) in [6.45, 7) is 3.58. The Hall–Kier alpha value is -0.350. The largest absolute Gasteiger partial charge is 0.337 e. The molecule has 84 valence electrons. The molecule has 1 aliphatic rings. The first-order chi connectivity index (χ1) is 7.40. The van der Waals surface area contributed by atoms with E-state index in [0.29, 0.717) is 0 Å². The molecular weight excluding hydrogens is 254 g/mol. The number of aryl methyl sites for hydroxylation is 1. The fourth-order valence-electron chi connectivity index (χ4n) is 2.24. The van der Waals surface area contributed by atoms with E-state index in [1.807, 2.05) is 18.7 Å². The number of aromatic nitrogens is 2. The number of nitrogens with zero attached hydrogens (tertiary/aromatic N) is 3. The molecule has 1 fully saturated rings. The van der Waals surface area contributed by atoms with Crippen LogP contribution >= 0.6 is 15.9 Å². The predicted octanol–water partition coefficient (Wildman–Crippen LogP) is 2.13. The SMILES string of the molecule is BrCC1CCCN1CCCn1ccnc1. The highest BCUT2D eigenvalue weighted by Crippen LogP contribution is 2.18. The van der Waals surface area contributed by atoms with Crippen LogP contribution in [0.15, 0.2) is 18.7 Å². The Morgan fingerprint density at radius 3 is 3.07 bits per heavy atom. The lowest BCUT2D eigenvalue weighted by Gasteiger charge is -2.22. The molecule has 0 N–H and O–H groups in total. The van der Waals surface area contributed by atoms with Crippen LogP contribution in [0, 0.1) is 0 Å². The van der Waals surface area contributed by atoms with Crippen LogP contribution in [0.4, 0.5) is 0 Å². The van der Waals surface area contributed by atoms with Gasteiger partial charge in [-0.1, -0.05) is 15.9 Å². The summed E-state index contributed by atoms with van der Waals surface area (Å²) in [5.74, 6) is 0. The highest BCUT2D eigenvalue weighted by molar-refractivity contribution is 9.09. The van der Waals surface area contributed by atoms with Gasteiger partial charge in [-0.15, -0.1) is 0 Å². The third-order valence-corrected chi connectivity index (χ3v) is 3.85. The van der Waals surface area contributed by atoms with Crippen LogP contribution < -0.4 is 0 Å². The summed E-state index contributed by atoms with van der Waals surface area (Å²) < 4.78 is 2.15. The van der Waals surface area contributed by atoms with Crippen molar-refractivity contribution in [3.8, 4) is 0 Å². The second-order valence-electron chi connectivity index (χ2n) is 4.14. The molecule has 0 spiro atoms. The quantitative estimate of drug-likeness (QED) is 0.766. The topological polar surface area (TPSA) is 21.1 Å². The minimum atomic E-state index is 0.771. The van der Waals surface area contributed by atoms with Crippen molar-refractivity contribution in [2.24, 2.45) is 0 Å². The zero-order chi connectivity index (χ0) is 10.5. The van der Waals surface area contributed by atoms with Crippen LogP contribution in [0.2, 0.25) is 0 Å². The van der Waals surface area contributed by atoms with Gasteiger partial charge in [-0.05, 0) is 25.8 Å². The zero-order valence-electron chi connectivity index (χ0n) is 8.98. The first-order valence-corrected chi connectivity index (χ1v) is 6.78. The Kier molecular flexibility index (Phi) is 4.20. The lowest BCUT2D eigenvalue weighted by molar-refractivity contribution is 0.264. The third kappa shape index (κ3) is 3.05. The Balaban J connectivity index is 1.69. The molecule has 0 radical (unpaired) electrons. The lowest BCUT2D eigenvalue weighted by Crippen LogP contribution is -2.31. The van der Waals surface area contributed by atoms with Crippen LogP contribution in [0.1, 0.15) is 19.3 Å². The van der Waals surface area contributed by atoms with Gasteiger partial charge in [0.2, 0.25) is 0 Å². The molecule has 2 rings (SSSR count). The van der Waals surface area contributed by atoms with Crippen molar-refractivity contribution in [1.29, 1.82) is 0 Å². The zero-order valence-corrected chi connectivity index (χ0v) is 10.6. The van der Waals surface area contributed by atoms with Crippen LogP contribution in [-0.4, -0.2) is 38.9 Å². The first kappa shape index (κ1) is 11.1. The van der Waals surface area contributed by atoms with Crippen molar-refractivity contribution in [3.63, 3.8) is 0 Å². The first-order valence-electron chi connectivity index (χ1n) is 5.66. The number of hydrogen-bond donors (Lipinski definition) is 0. The highest BCUT2D eigenvalue weighted by atomic mass is 79.9. The van der Waals surface area contributed by atoms with Gasteiger partial charge in [0.05, 0.1) is 6.33 Å². The fraction of sp³-hybridized carbons (Fsp3) is 0.727. The number of likely N-dealkylation sites (tertiary alicyclic amines) is 1. The molecule has 1 aromatic heterocycles. The Bertz CT molecular complexity index is 273. The molecule has 3 nitrogen and oxygen atoms in total. The summed E-state index contributed by atoms with van der Waals surface area (Å²) >= 11 is 3.59. The predicted molar refractivity (Wildman–Crippen MR) is 65.2 cm³/mol. The second kappa shape index (κ2) is 5.66. The number of alkyl halides is 1. The van der Waals surface area contributed by atoms with E-state index in [9.17, 15) is 0 Å².